The van der Waals surface area contributed by atoms with E-state index in [4.69, 9.17) is 23.2 Å². The first-order chi connectivity index (χ1) is 11.5. The van der Waals surface area contributed by atoms with Crippen molar-refractivity contribution >= 4 is 34.7 Å². The van der Waals surface area contributed by atoms with E-state index in [0.717, 1.165) is 52.8 Å². The number of amides is 1. The number of carbonyl (C=O) groups excluding carboxylic acids is 1. The van der Waals surface area contributed by atoms with Crippen LogP contribution in [0, 0.1) is 6.92 Å². The number of benzene rings is 2. The maximum atomic E-state index is 12.2. The minimum atomic E-state index is 0.0335. The van der Waals surface area contributed by atoms with Gasteiger partial charge in [0.15, 0.2) is 0 Å². The van der Waals surface area contributed by atoms with Gasteiger partial charge in [-0.2, -0.15) is 0 Å². The van der Waals surface area contributed by atoms with Crippen LogP contribution in [0.1, 0.15) is 30.9 Å². The number of piperidine rings is 1. The van der Waals surface area contributed by atoms with Gasteiger partial charge in [-0.25, -0.2) is 0 Å². The van der Waals surface area contributed by atoms with Crippen LogP contribution in [-0.4, -0.2) is 12.5 Å². The van der Waals surface area contributed by atoms with Crippen LogP contribution in [0.15, 0.2) is 42.0 Å². The van der Waals surface area contributed by atoms with Gasteiger partial charge in [0.1, 0.15) is 0 Å². The van der Waals surface area contributed by atoms with E-state index in [9.17, 15) is 4.79 Å². The molecule has 1 fully saturated rings. The summed E-state index contributed by atoms with van der Waals surface area (Å²) in [7, 11) is 0. The second kappa shape index (κ2) is 7.00. The summed E-state index contributed by atoms with van der Waals surface area (Å²) >= 11 is 12.4. The third-order valence-electron chi connectivity index (χ3n) is 4.55. The van der Waals surface area contributed by atoms with Crippen LogP contribution in [0.25, 0.3) is 16.7 Å². The molecule has 1 saturated heterocycles. The second-order valence-corrected chi connectivity index (χ2v) is 6.97. The zero-order valence-electron chi connectivity index (χ0n) is 13.7. The molecular weight excluding hydrogens is 341 g/mol. The van der Waals surface area contributed by atoms with E-state index in [1.165, 1.54) is 0 Å². The van der Waals surface area contributed by atoms with Gasteiger partial charge in [-0.1, -0.05) is 35.3 Å². The molecule has 1 aliphatic heterocycles. The summed E-state index contributed by atoms with van der Waals surface area (Å²) in [5, 5.41) is 4.29. The third-order valence-corrected chi connectivity index (χ3v) is 5.02. The number of hydrogen-bond acceptors (Lipinski definition) is 1. The summed E-state index contributed by atoms with van der Waals surface area (Å²) in [4.78, 5) is 12.2. The zero-order valence-corrected chi connectivity index (χ0v) is 15.3. The predicted molar refractivity (Wildman–Crippen MR) is 101 cm³/mol. The first kappa shape index (κ1) is 17.1. The average Bonchev–Trinajstić information content (AvgIpc) is 2.57. The summed E-state index contributed by atoms with van der Waals surface area (Å²) in [6.45, 7) is 4.82. The van der Waals surface area contributed by atoms with Crippen molar-refractivity contribution in [1.82, 2.24) is 5.32 Å². The molecule has 4 heteroatoms. The normalized spacial score (nSPS) is 16.8. The maximum absolute atomic E-state index is 12.2. The molecule has 0 radical (unpaired) electrons. The molecule has 0 spiro atoms. The molecule has 1 N–H and O–H groups in total. The van der Waals surface area contributed by atoms with Gasteiger partial charge >= 0.3 is 0 Å². The smallest absolute Gasteiger partial charge is 0.247 e. The Morgan fingerprint density at radius 3 is 2.46 bits per heavy atom. The van der Waals surface area contributed by atoms with Crippen LogP contribution in [-0.2, 0) is 4.79 Å². The molecule has 0 atom stereocenters. The molecular formula is C20H19Cl2NO. The van der Waals surface area contributed by atoms with E-state index >= 15 is 0 Å². The molecule has 0 aromatic heterocycles. The lowest BCUT2D eigenvalue weighted by atomic mass is 9.89. The van der Waals surface area contributed by atoms with Crippen molar-refractivity contribution in [2.24, 2.45) is 0 Å². The standard InChI is InChI=1S/C20H19Cl2NO/c1-12(17-4-3-9-23-20(17)24)18-10-16(22)11-19(13(18)2)14-5-7-15(21)8-6-14/h5-8,10-11H,3-4,9H2,1-2H3,(H,23,24)/b17-12+. The molecule has 2 aromatic rings. The van der Waals surface area contributed by atoms with E-state index in [1.807, 2.05) is 43.3 Å². The minimum Gasteiger partial charge on any atom is -0.352 e. The summed E-state index contributed by atoms with van der Waals surface area (Å²) in [5.74, 6) is 0.0335. The van der Waals surface area contributed by atoms with Crippen LogP contribution < -0.4 is 5.32 Å². The molecule has 0 aliphatic carbocycles. The van der Waals surface area contributed by atoms with Crippen LogP contribution in [0.2, 0.25) is 10.0 Å². The Morgan fingerprint density at radius 2 is 1.79 bits per heavy atom. The Balaban J connectivity index is 2.14. The maximum Gasteiger partial charge on any atom is 0.247 e. The third kappa shape index (κ3) is 3.35. The summed E-state index contributed by atoms with van der Waals surface area (Å²) in [6.07, 6.45) is 1.78. The Bertz CT molecular complexity index is 822. The molecule has 1 amide bonds. The molecule has 2 aromatic carbocycles. The molecule has 2 nitrogen and oxygen atoms in total. The van der Waals surface area contributed by atoms with E-state index in [-0.39, 0.29) is 5.91 Å². The van der Waals surface area contributed by atoms with Gasteiger partial charge in [-0.3, -0.25) is 4.79 Å². The Labute approximate surface area is 152 Å². The number of carbonyl (C=O) groups is 1. The van der Waals surface area contributed by atoms with Crippen molar-refractivity contribution in [3.8, 4) is 11.1 Å². The lowest BCUT2D eigenvalue weighted by Gasteiger charge is -2.20. The van der Waals surface area contributed by atoms with Crippen LogP contribution >= 0.6 is 23.2 Å². The first-order valence-corrected chi connectivity index (χ1v) is 8.77. The van der Waals surface area contributed by atoms with Crippen molar-refractivity contribution in [3.63, 3.8) is 0 Å². The van der Waals surface area contributed by atoms with E-state index in [2.05, 4.69) is 12.2 Å². The van der Waals surface area contributed by atoms with E-state index < -0.39 is 0 Å². The van der Waals surface area contributed by atoms with Crippen molar-refractivity contribution in [3.05, 3.63) is 63.1 Å². The van der Waals surface area contributed by atoms with Crippen molar-refractivity contribution in [2.75, 3.05) is 6.54 Å². The largest absolute Gasteiger partial charge is 0.352 e. The Morgan fingerprint density at radius 1 is 1.08 bits per heavy atom. The monoisotopic (exact) mass is 359 g/mol. The number of halogens is 2. The minimum absolute atomic E-state index is 0.0335. The fourth-order valence-electron chi connectivity index (χ4n) is 3.21. The SMILES string of the molecule is C/C(=C1/CCCNC1=O)c1cc(Cl)cc(-c2ccc(Cl)cc2)c1C. The Kier molecular flexibility index (Phi) is 4.98. The molecule has 124 valence electrons. The summed E-state index contributed by atoms with van der Waals surface area (Å²) < 4.78 is 0. The lowest BCUT2D eigenvalue weighted by Crippen LogP contribution is -2.31. The molecule has 24 heavy (non-hydrogen) atoms. The van der Waals surface area contributed by atoms with Gasteiger partial charge in [-0.15, -0.1) is 0 Å². The number of nitrogens with one attached hydrogen (secondary N) is 1. The molecule has 0 saturated carbocycles. The zero-order chi connectivity index (χ0) is 17.3. The van der Waals surface area contributed by atoms with Crippen molar-refractivity contribution in [2.45, 2.75) is 26.7 Å². The highest BCUT2D eigenvalue weighted by atomic mass is 35.5. The summed E-state index contributed by atoms with van der Waals surface area (Å²) in [5.41, 5.74) is 6.12. The number of hydrogen-bond donors (Lipinski definition) is 1. The van der Waals surface area contributed by atoms with Crippen LogP contribution in [0.5, 0.6) is 0 Å². The molecule has 0 unspecified atom stereocenters. The van der Waals surface area contributed by atoms with Crippen molar-refractivity contribution in [1.29, 1.82) is 0 Å². The highest BCUT2D eigenvalue weighted by molar-refractivity contribution is 6.31. The highest BCUT2D eigenvalue weighted by Gasteiger charge is 2.19. The van der Waals surface area contributed by atoms with Gasteiger partial charge in [0.2, 0.25) is 5.91 Å². The fourth-order valence-corrected chi connectivity index (χ4v) is 3.55. The quantitative estimate of drug-likeness (QED) is 0.689. The van der Waals surface area contributed by atoms with Gasteiger partial charge in [0.05, 0.1) is 0 Å². The molecule has 0 bridgehead atoms. The number of rotatable bonds is 2. The second-order valence-electron chi connectivity index (χ2n) is 6.10. The fraction of sp³-hybridized carbons (Fsp3) is 0.250. The highest BCUT2D eigenvalue weighted by Crippen LogP contribution is 2.35. The van der Waals surface area contributed by atoms with Crippen molar-refractivity contribution < 1.29 is 4.79 Å². The topological polar surface area (TPSA) is 29.1 Å². The summed E-state index contributed by atoms with van der Waals surface area (Å²) in [6, 6.07) is 11.6. The average molecular weight is 360 g/mol. The first-order valence-electron chi connectivity index (χ1n) is 8.02. The molecule has 1 aliphatic rings. The van der Waals surface area contributed by atoms with Crippen LogP contribution in [0.3, 0.4) is 0 Å². The number of allylic oxidation sites excluding steroid dienone is 1. The van der Waals surface area contributed by atoms with E-state index in [0.29, 0.717) is 10.0 Å². The lowest BCUT2D eigenvalue weighted by molar-refractivity contribution is -0.118. The van der Waals surface area contributed by atoms with Gasteiger partial charge in [0, 0.05) is 22.2 Å². The van der Waals surface area contributed by atoms with Gasteiger partial charge < -0.3 is 5.32 Å². The Hall–Kier alpha value is -1.77. The molecule has 1 heterocycles. The van der Waals surface area contributed by atoms with Gasteiger partial charge in [0.25, 0.3) is 0 Å². The predicted octanol–water partition coefficient (Wildman–Crippen LogP) is 5.65. The van der Waals surface area contributed by atoms with Crippen LogP contribution in [0.4, 0.5) is 0 Å². The van der Waals surface area contributed by atoms with E-state index in [1.54, 1.807) is 0 Å². The van der Waals surface area contributed by atoms with Gasteiger partial charge in [-0.05, 0) is 78.8 Å². The molecule has 3 rings (SSSR count).